The highest BCUT2D eigenvalue weighted by Crippen LogP contribution is 2.23. The molecule has 1 saturated heterocycles. The minimum Gasteiger partial charge on any atom is -0.348 e. The SMILES string of the molecule is O=C(NCc1nccs1)[C@@H]1CCC(=O)N1Cc1ccccc1F. The summed E-state index contributed by atoms with van der Waals surface area (Å²) in [4.78, 5) is 30.0. The molecule has 0 aliphatic carbocycles. The van der Waals surface area contributed by atoms with Crippen molar-refractivity contribution < 1.29 is 14.0 Å². The monoisotopic (exact) mass is 333 g/mol. The molecule has 2 aromatic rings. The van der Waals surface area contributed by atoms with Crippen molar-refractivity contribution in [3.8, 4) is 0 Å². The predicted octanol–water partition coefficient (Wildman–Crippen LogP) is 2.09. The first-order valence-electron chi connectivity index (χ1n) is 7.34. The molecule has 5 nitrogen and oxygen atoms in total. The maximum atomic E-state index is 13.8. The van der Waals surface area contributed by atoms with Gasteiger partial charge in [-0.3, -0.25) is 9.59 Å². The molecule has 1 aliphatic heterocycles. The Morgan fingerprint density at radius 1 is 1.43 bits per heavy atom. The smallest absolute Gasteiger partial charge is 0.243 e. The number of nitrogens with one attached hydrogen (secondary N) is 1. The summed E-state index contributed by atoms with van der Waals surface area (Å²) in [6.45, 7) is 0.454. The average Bonchev–Trinajstić information content (AvgIpc) is 3.18. The summed E-state index contributed by atoms with van der Waals surface area (Å²) < 4.78 is 13.8. The molecular weight excluding hydrogens is 317 g/mol. The molecule has 0 saturated carbocycles. The number of thiazole rings is 1. The Labute approximate surface area is 137 Å². The van der Waals surface area contributed by atoms with Crippen LogP contribution in [-0.2, 0) is 22.7 Å². The molecule has 0 radical (unpaired) electrons. The molecule has 3 rings (SSSR count). The van der Waals surface area contributed by atoms with E-state index < -0.39 is 6.04 Å². The second kappa shape index (κ2) is 6.87. The molecular formula is C16H16FN3O2S. The molecule has 7 heteroatoms. The van der Waals surface area contributed by atoms with Crippen LogP contribution < -0.4 is 5.32 Å². The first-order valence-corrected chi connectivity index (χ1v) is 8.22. The summed E-state index contributed by atoms with van der Waals surface area (Å²) in [5, 5.41) is 5.45. The lowest BCUT2D eigenvalue weighted by molar-refractivity contribution is -0.135. The van der Waals surface area contributed by atoms with Crippen LogP contribution in [-0.4, -0.2) is 27.7 Å². The highest BCUT2D eigenvalue weighted by Gasteiger charge is 2.36. The van der Waals surface area contributed by atoms with Gasteiger partial charge < -0.3 is 10.2 Å². The molecule has 0 spiro atoms. The Morgan fingerprint density at radius 3 is 3.00 bits per heavy atom. The second-order valence-corrected chi connectivity index (χ2v) is 6.29. The normalized spacial score (nSPS) is 17.5. The van der Waals surface area contributed by atoms with Gasteiger partial charge in [0.2, 0.25) is 11.8 Å². The molecule has 1 aromatic heterocycles. The van der Waals surface area contributed by atoms with Gasteiger partial charge in [0.15, 0.2) is 0 Å². The summed E-state index contributed by atoms with van der Waals surface area (Å²) in [6.07, 6.45) is 2.44. The van der Waals surface area contributed by atoms with Crippen LogP contribution in [0.1, 0.15) is 23.4 Å². The number of likely N-dealkylation sites (tertiary alicyclic amines) is 1. The zero-order valence-electron chi connectivity index (χ0n) is 12.4. The number of hydrogen-bond donors (Lipinski definition) is 1. The molecule has 2 amide bonds. The van der Waals surface area contributed by atoms with E-state index in [2.05, 4.69) is 10.3 Å². The third kappa shape index (κ3) is 3.56. The Balaban J connectivity index is 1.67. The van der Waals surface area contributed by atoms with E-state index in [0.717, 1.165) is 5.01 Å². The maximum Gasteiger partial charge on any atom is 0.243 e. The first-order chi connectivity index (χ1) is 11.1. The topological polar surface area (TPSA) is 62.3 Å². The van der Waals surface area contributed by atoms with Crippen LogP contribution in [0.25, 0.3) is 0 Å². The van der Waals surface area contributed by atoms with Crippen LogP contribution in [0, 0.1) is 5.82 Å². The van der Waals surface area contributed by atoms with Gasteiger partial charge in [-0.1, -0.05) is 18.2 Å². The van der Waals surface area contributed by atoms with E-state index in [1.54, 1.807) is 24.4 Å². The molecule has 0 unspecified atom stereocenters. The molecule has 1 aliphatic rings. The molecule has 2 heterocycles. The number of carbonyl (C=O) groups excluding carboxylic acids is 2. The molecule has 1 atom stereocenters. The van der Waals surface area contributed by atoms with Gasteiger partial charge in [0, 0.05) is 30.1 Å². The molecule has 23 heavy (non-hydrogen) atoms. The number of amides is 2. The lowest BCUT2D eigenvalue weighted by Crippen LogP contribution is -2.44. The predicted molar refractivity (Wildman–Crippen MR) is 83.9 cm³/mol. The average molecular weight is 333 g/mol. The fourth-order valence-corrected chi connectivity index (χ4v) is 3.19. The highest BCUT2D eigenvalue weighted by atomic mass is 32.1. The van der Waals surface area contributed by atoms with Gasteiger partial charge in [-0.05, 0) is 12.5 Å². The van der Waals surface area contributed by atoms with Crippen LogP contribution in [0.2, 0.25) is 0 Å². The fourth-order valence-electron chi connectivity index (χ4n) is 2.64. The number of nitrogens with zero attached hydrogens (tertiary/aromatic N) is 2. The number of benzene rings is 1. The molecule has 0 bridgehead atoms. The number of hydrogen-bond acceptors (Lipinski definition) is 4. The van der Waals surface area contributed by atoms with E-state index in [9.17, 15) is 14.0 Å². The molecule has 1 fully saturated rings. The largest absolute Gasteiger partial charge is 0.348 e. The molecule has 1 aromatic carbocycles. The van der Waals surface area contributed by atoms with Gasteiger partial charge in [0.25, 0.3) is 0 Å². The zero-order chi connectivity index (χ0) is 16.2. The van der Waals surface area contributed by atoms with E-state index >= 15 is 0 Å². The summed E-state index contributed by atoms with van der Waals surface area (Å²) in [7, 11) is 0. The van der Waals surface area contributed by atoms with Crippen molar-refractivity contribution in [1.82, 2.24) is 15.2 Å². The zero-order valence-corrected chi connectivity index (χ0v) is 13.2. The Morgan fingerprint density at radius 2 is 2.26 bits per heavy atom. The van der Waals surface area contributed by atoms with Crippen LogP contribution in [0.5, 0.6) is 0 Å². The van der Waals surface area contributed by atoms with E-state index in [1.165, 1.54) is 22.3 Å². The number of halogens is 1. The van der Waals surface area contributed by atoms with Crippen molar-refractivity contribution in [2.75, 3.05) is 0 Å². The minimum absolute atomic E-state index is 0.112. The Bertz CT molecular complexity index is 705. The van der Waals surface area contributed by atoms with Gasteiger partial charge in [0.05, 0.1) is 6.54 Å². The van der Waals surface area contributed by atoms with Crippen molar-refractivity contribution in [2.45, 2.75) is 32.0 Å². The van der Waals surface area contributed by atoms with Gasteiger partial charge >= 0.3 is 0 Å². The highest BCUT2D eigenvalue weighted by molar-refractivity contribution is 7.09. The standard InChI is InChI=1S/C16H16FN3O2S/c17-12-4-2-1-3-11(12)10-20-13(5-6-15(20)21)16(22)19-9-14-18-7-8-23-14/h1-4,7-8,13H,5-6,9-10H2,(H,19,22)/t13-/m0/s1. The minimum atomic E-state index is -0.554. The third-order valence-corrected chi connectivity index (χ3v) is 4.61. The van der Waals surface area contributed by atoms with Gasteiger partial charge in [-0.2, -0.15) is 0 Å². The lowest BCUT2D eigenvalue weighted by atomic mass is 10.1. The second-order valence-electron chi connectivity index (χ2n) is 5.31. The quantitative estimate of drug-likeness (QED) is 0.911. The van der Waals surface area contributed by atoms with E-state index in [0.29, 0.717) is 24.9 Å². The van der Waals surface area contributed by atoms with Gasteiger partial charge in [-0.15, -0.1) is 11.3 Å². The van der Waals surface area contributed by atoms with E-state index in [1.807, 2.05) is 5.38 Å². The van der Waals surface area contributed by atoms with Crippen molar-refractivity contribution in [3.05, 3.63) is 52.2 Å². The summed E-state index contributed by atoms with van der Waals surface area (Å²) in [5.74, 6) is -0.709. The van der Waals surface area contributed by atoms with Crippen LogP contribution in [0.4, 0.5) is 4.39 Å². The van der Waals surface area contributed by atoms with Crippen molar-refractivity contribution in [1.29, 1.82) is 0 Å². The fraction of sp³-hybridized carbons (Fsp3) is 0.312. The van der Waals surface area contributed by atoms with E-state index in [-0.39, 0.29) is 24.2 Å². The first kappa shape index (κ1) is 15.6. The molecule has 1 N–H and O–H groups in total. The van der Waals surface area contributed by atoms with Crippen LogP contribution in [0.15, 0.2) is 35.8 Å². The summed E-state index contributed by atoms with van der Waals surface area (Å²) >= 11 is 1.46. The molecule has 120 valence electrons. The summed E-state index contributed by atoms with van der Waals surface area (Å²) in [5.41, 5.74) is 0.417. The van der Waals surface area contributed by atoms with E-state index in [4.69, 9.17) is 0 Å². The van der Waals surface area contributed by atoms with Crippen molar-refractivity contribution in [3.63, 3.8) is 0 Å². The Kier molecular flexibility index (Phi) is 4.66. The van der Waals surface area contributed by atoms with Crippen LogP contribution >= 0.6 is 11.3 Å². The number of aromatic nitrogens is 1. The van der Waals surface area contributed by atoms with Crippen molar-refractivity contribution in [2.24, 2.45) is 0 Å². The number of carbonyl (C=O) groups is 2. The van der Waals surface area contributed by atoms with Gasteiger partial charge in [-0.25, -0.2) is 9.37 Å². The van der Waals surface area contributed by atoms with Gasteiger partial charge in [0.1, 0.15) is 16.9 Å². The van der Waals surface area contributed by atoms with Crippen molar-refractivity contribution >= 4 is 23.2 Å². The lowest BCUT2D eigenvalue weighted by Gasteiger charge is -2.24. The maximum absolute atomic E-state index is 13.8. The van der Waals surface area contributed by atoms with Crippen LogP contribution in [0.3, 0.4) is 0 Å². The summed E-state index contributed by atoms with van der Waals surface area (Å²) in [6, 6.07) is 5.75. The number of rotatable bonds is 5. The Hall–Kier alpha value is -2.28. The third-order valence-electron chi connectivity index (χ3n) is 3.83.